The molecule has 5 nitrogen and oxygen atoms in total. The third kappa shape index (κ3) is 4.78. The van der Waals surface area contributed by atoms with E-state index in [1.54, 1.807) is 7.11 Å². The molecule has 1 fully saturated rings. The summed E-state index contributed by atoms with van der Waals surface area (Å²) in [7, 11) is 1.62. The maximum atomic E-state index is 12.9. The summed E-state index contributed by atoms with van der Waals surface area (Å²) in [4.78, 5) is 12.9. The number of ether oxygens (including phenoxy) is 2. The molecule has 0 radical (unpaired) electrons. The molecule has 28 heavy (non-hydrogen) atoms. The fraction of sp³-hybridized carbons (Fsp3) is 0.409. The van der Waals surface area contributed by atoms with E-state index >= 15 is 0 Å². The van der Waals surface area contributed by atoms with Crippen LogP contribution < -0.4 is 20.1 Å². The minimum atomic E-state index is -0.418. The van der Waals surface area contributed by atoms with Crippen LogP contribution in [-0.4, -0.2) is 32.2 Å². The van der Waals surface area contributed by atoms with Crippen LogP contribution in [0.3, 0.4) is 0 Å². The van der Waals surface area contributed by atoms with Crippen LogP contribution in [0, 0.1) is 5.41 Å². The van der Waals surface area contributed by atoms with Crippen LogP contribution in [0.15, 0.2) is 42.5 Å². The van der Waals surface area contributed by atoms with Crippen LogP contribution in [0.4, 0.5) is 0 Å². The zero-order valence-electron chi connectivity index (χ0n) is 16.5. The molecule has 0 aliphatic carbocycles. The second-order valence-corrected chi connectivity index (χ2v) is 7.96. The molecular formula is C22H27ClN2O3. The van der Waals surface area contributed by atoms with Crippen LogP contribution in [0.2, 0.25) is 5.02 Å². The Balaban J connectivity index is 1.64. The van der Waals surface area contributed by atoms with Gasteiger partial charge in [-0.25, -0.2) is 0 Å². The lowest BCUT2D eigenvalue weighted by atomic mass is 9.75. The van der Waals surface area contributed by atoms with Gasteiger partial charge >= 0.3 is 0 Å². The van der Waals surface area contributed by atoms with Crippen LogP contribution >= 0.6 is 11.6 Å². The number of carbonyl (C=O) groups is 1. The van der Waals surface area contributed by atoms with E-state index in [-0.39, 0.29) is 12.0 Å². The first-order valence-corrected chi connectivity index (χ1v) is 9.87. The molecule has 150 valence electrons. The Labute approximate surface area is 171 Å². The Morgan fingerprint density at radius 2 is 1.82 bits per heavy atom. The lowest BCUT2D eigenvalue weighted by Gasteiger charge is -2.41. The summed E-state index contributed by atoms with van der Waals surface area (Å²) in [5.74, 6) is 1.43. The van der Waals surface area contributed by atoms with Gasteiger partial charge in [0.05, 0.1) is 18.6 Å². The first kappa shape index (κ1) is 20.5. The molecule has 2 aromatic rings. The van der Waals surface area contributed by atoms with Crippen LogP contribution in [0.25, 0.3) is 0 Å². The Hall–Kier alpha value is -2.24. The quantitative estimate of drug-likeness (QED) is 0.708. The normalized spacial score (nSPS) is 15.0. The zero-order valence-corrected chi connectivity index (χ0v) is 17.3. The second-order valence-electron chi connectivity index (χ2n) is 7.52. The second kappa shape index (κ2) is 8.84. The van der Waals surface area contributed by atoms with E-state index < -0.39 is 5.41 Å². The number of methoxy groups -OCH3 is 1. The minimum Gasteiger partial charge on any atom is -0.493 e. The van der Waals surface area contributed by atoms with Crippen molar-refractivity contribution in [3.8, 4) is 11.5 Å². The predicted molar refractivity (Wildman–Crippen MR) is 111 cm³/mol. The van der Waals surface area contributed by atoms with Gasteiger partial charge < -0.3 is 20.1 Å². The Morgan fingerprint density at radius 3 is 2.39 bits per heavy atom. The van der Waals surface area contributed by atoms with E-state index in [0.29, 0.717) is 42.6 Å². The van der Waals surface area contributed by atoms with Crippen molar-refractivity contribution < 1.29 is 14.3 Å². The van der Waals surface area contributed by atoms with Gasteiger partial charge in [0.2, 0.25) is 5.91 Å². The molecule has 0 bridgehead atoms. The number of amides is 1. The zero-order chi connectivity index (χ0) is 20.1. The van der Waals surface area contributed by atoms with Gasteiger partial charge in [-0.3, -0.25) is 4.79 Å². The first-order valence-electron chi connectivity index (χ1n) is 9.49. The van der Waals surface area contributed by atoms with E-state index in [4.69, 9.17) is 21.1 Å². The number of rotatable bonds is 8. The molecule has 6 heteroatoms. The smallest absolute Gasteiger partial charge is 0.229 e. The summed E-state index contributed by atoms with van der Waals surface area (Å²) >= 11 is 5.96. The summed E-state index contributed by atoms with van der Waals surface area (Å²) in [6.07, 6.45) is 0.756. The Morgan fingerprint density at radius 1 is 1.14 bits per heavy atom. The van der Waals surface area contributed by atoms with Gasteiger partial charge in [-0.1, -0.05) is 29.8 Å². The lowest BCUT2D eigenvalue weighted by molar-refractivity contribution is -0.134. The maximum absolute atomic E-state index is 12.9. The number of halogens is 1. The number of hydrogen-bond acceptors (Lipinski definition) is 4. The molecule has 1 aliphatic rings. The minimum absolute atomic E-state index is 0.0580. The molecule has 2 N–H and O–H groups in total. The number of benzene rings is 2. The van der Waals surface area contributed by atoms with Gasteiger partial charge in [-0.2, -0.15) is 0 Å². The third-order valence-electron chi connectivity index (χ3n) is 4.91. The molecule has 0 spiro atoms. The third-order valence-corrected chi connectivity index (χ3v) is 5.16. The predicted octanol–water partition coefficient (Wildman–Crippen LogP) is 3.58. The number of hydrogen-bond donors (Lipinski definition) is 2. The summed E-state index contributed by atoms with van der Waals surface area (Å²) < 4.78 is 11.2. The number of carbonyl (C=O) groups excluding carboxylic acids is 1. The largest absolute Gasteiger partial charge is 0.493 e. The molecule has 1 aliphatic heterocycles. The highest BCUT2D eigenvalue weighted by Gasteiger charge is 2.44. The highest BCUT2D eigenvalue weighted by Crippen LogP contribution is 2.31. The van der Waals surface area contributed by atoms with Crippen LogP contribution in [-0.2, 0) is 17.8 Å². The fourth-order valence-electron chi connectivity index (χ4n) is 3.33. The molecule has 0 aromatic heterocycles. The van der Waals surface area contributed by atoms with Gasteiger partial charge in [-0.05, 0) is 55.7 Å². The van der Waals surface area contributed by atoms with Crippen molar-refractivity contribution in [2.75, 3.05) is 20.2 Å². The summed E-state index contributed by atoms with van der Waals surface area (Å²) in [5.41, 5.74) is 1.66. The van der Waals surface area contributed by atoms with Crippen LogP contribution in [0.1, 0.15) is 25.0 Å². The molecule has 1 saturated heterocycles. The van der Waals surface area contributed by atoms with Crippen LogP contribution in [0.5, 0.6) is 11.5 Å². The average Bonchev–Trinajstić information content (AvgIpc) is 2.64. The van der Waals surface area contributed by atoms with Gasteiger partial charge in [-0.15, -0.1) is 0 Å². The van der Waals surface area contributed by atoms with E-state index in [2.05, 4.69) is 10.6 Å². The van der Waals surface area contributed by atoms with Gasteiger partial charge in [0, 0.05) is 24.7 Å². The molecule has 2 aromatic carbocycles. The van der Waals surface area contributed by atoms with Gasteiger partial charge in [0.15, 0.2) is 11.5 Å². The summed E-state index contributed by atoms with van der Waals surface area (Å²) in [5, 5.41) is 7.02. The molecule has 0 unspecified atom stereocenters. The molecule has 0 saturated carbocycles. The molecule has 1 heterocycles. The molecular weight excluding hydrogens is 376 g/mol. The summed E-state index contributed by atoms with van der Waals surface area (Å²) in [6.45, 7) is 5.73. The Bertz CT molecular complexity index is 817. The van der Waals surface area contributed by atoms with E-state index in [0.717, 1.165) is 11.1 Å². The topological polar surface area (TPSA) is 59.6 Å². The monoisotopic (exact) mass is 402 g/mol. The van der Waals surface area contributed by atoms with E-state index in [9.17, 15) is 4.79 Å². The number of nitrogens with one attached hydrogen (secondary N) is 2. The van der Waals surface area contributed by atoms with Gasteiger partial charge in [0.1, 0.15) is 0 Å². The molecule has 1 amide bonds. The molecule has 3 rings (SSSR count). The van der Waals surface area contributed by atoms with Crippen molar-refractivity contribution in [3.05, 3.63) is 58.6 Å². The standard InChI is InChI=1S/C22H27ClN2O3/c1-15(2)28-19-9-6-17(10-20(19)27-3)12-25-21(26)22(13-24-14-22)11-16-4-7-18(23)8-5-16/h4-10,15,24H,11-14H2,1-3H3,(H,25,26). The lowest BCUT2D eigenvalue weighted by Crippen LogP contribution is -2.62. The van der Waals surface area contributed by atoms with Gasteiger partial charge in [0.25, 0.3) is 0 Å². The molecule has 0 atom stereocenters. The van der Waals surface area contributed by atoms with E-state index in [1.807, 2.05) is 56.3 Å². The highest BCUT2D eigenvalue weighted by atomic mass is 35.5. The van der Waals surface area contributed by atoms with Crippen molar-refractivity contribution in [1.29, 1.82) is 0 Å². The Kier molecular flexibility index (Phi) is 6.47. The van der Waals surface area contributed by atoms with Crippen molar-refractivity contribution in [1.82, 2.24) is 10.6 Å². The summed E-state index contributed by atoms with van der Waals surface area (Å²) in [6, 6.07) is 13.4. The van der Waals surface area contributed by atoms with E-state index in [1.165, 1.54) is 0 Å². The van der Waals surface area contributed by atoms with Crippen molar-refractivity contribution >= 4 is 17.5 Å². The van der Waals surface area contributed by atoms with Crippen molar-refractivity contribution in [2.24, 2.45) is 5.41 Å². The SMILES string of the molecule is COc1cc(CNC(=O)C2(Cc3ccc(Cl)cc3)CNC2)ccc1OC(C)C. The fourth-order valence-corrected chi connectivity index (χ4v) is 3.45. The van der Waals surface area contributed by atoms with Crippen molar-refractivity contribution in [2.45, 2.75) is 32.9 Å². The first-order chi connectivity index (χ1) is 13.4. The van der Waals surface area contributed by atoms with Crippen molar-refractivity contribution in [3.63, 3.8) is 0 Å². The highest BCUT2D eigenvalue weighted by molar-refractivity contribution is 6.30. The maximum Gasteiger partial charge on any atom is 0.229 e. The average molecular weight is 403 g/mol.